The third-order valence-electron chi connectivity index (χ3n) is 3.00. The van der Waals surface area contributed by atoms with Crippen molar-refractivity contribution in [2.75, 3.05) is 18.5 Å². The molecule has 1 aromatic carbocycles. The van der Waals surface area contributed by atoms with Gasteiger partial charge in [-0.05, 0) is 31.0 Å². The molecule has 0 aliphatic carbocycles. The van der Waals surface area contributed by atoms with Crippen LogP contribution in [0.3, 0.4) is 0 Å². The molecule has 1 fully saturated rings. The molecule has 0 radical (unpaired) electrons. The predicted octanol–water partition coefficient (Wildman–Crippen LogP) is 2.51. The van der Waals surface area contributed by atoms with Gasteiger partial charge in [-0.25, -0.2) is 4.79 Å². The van der Waals surface area contributed by atoms with Crippen LogP contribution in [-0.2, 0) is 9.53 Å². The predicted molar refractivity (Wildman–Crippen MR) is 73.3 cm³/mol. The summed E-state index contributed by atoms with van der Waals surface area (Å²) >= 11 is 3.21. The number of carbonyl (C=O) groups excluding carboxylic acids is 1. The first kappa shape index (κ1) is 14.0. The molecule has 1 atom stereocenters. The molecule has 0 saturated carbocycles. The second-order valence-electron chi connectivity index (χ2n) is 4.40. The van der Waals surface area contributed by atoms with Crippen molar-refractivity contribution in [2.45, 2.75) is 12.8 Å². The normalized spacial score (nSPS) is 18.9. The van der Waals surface area contributed by atoms with Crippen LogP contribution in [0.15, 0.2) is 22.7 Å². The number of carboxylic acids is 1. The molecule has 102 valence electrons. The number of nitrogens with one attached hydrogen (secondary N) is 1. The number of halogens is 1. The van der Waals surface area contributed by atoms with Gasteiger partial charge in [0.05, 0.1) is 23.8 Å². The Morgan fingerprint density at radius 1 is 1.42 bits per heavy atom. The number of ether oxygens (including phenoxy) is 1. The SMILES string of the molecule is O=C(O)c1cc(Br)ccc1NC(=O)C1CCCOC1. The quantitative estimate of drug-likeness (QED) is 0.894. The van der Waals surface area contributed by atoms with E-state index in [1.807, 2.05) is 0 Å². The Hall–Kier alpha value is -1.40. The van der Waals surface area contributed by atoms with Crippen molar-refractivity contribution in [3.63, 3.8) is 0 Å². The number of anilines is 1. The molecule has 6 heteroatoms. The van der Waals surface area contributed by atoms with Gasteiger partial charge in [-0.3, -0.25) is 4.79 Å². The fourth-order valence-corrected chi connectivity index (χ4v) is 2.35. The van der Waals surface area contributed by atoms with Crippen LogP contribution >= 0.6 is 15.9 Å². The van der Waals surface area contributed by atoms with E-state index in [1.54, 1.807) is 12.1 Å². The van der Waals surface area contributed by atoms with Gasteiger partial charge in [0.1, 0.15) is 0 Å². The first-order chi connectivity index (χ1) is 9.08. The average Bonchev–Trinajstić information content (AvgIpc) is 2.41. The molecule has 1 heterocycles. The van der Waals surface area contributed by atoms with E-state index in [2.05, 4.69) is 21.2 Å². The molecule has 0 aromatic heterocycles. The lowest BCUT2D eigenvalue weighted by Gasteiger charge is -2.21. The van der Waals surface area contributed by atoms with E-state index in [1.165, 1.54) is 6.07 Å². The molecule has 2 N–H and O–H groups in total. The summed E-state index contributed by atoms with van der Waals surface area (Å²) in [6.45, 7) is 1.08. The molecule has 19 heavy (non-hydrogen) atoms. The zero-order valence-corrected chi connectivity index (χ0v) is 11.8. The van der Waals surface area contributed by atoms with Crippen LogP contribution in [0.2, 0.25) is 0 Å². The minimum Gasteiger partial charge on any atom is -0.478 e. The number of aromatic carboxylic acids is 1. The maximum atomic E-state index is 12.0. The summed E-state index contributed by atoms with van der Waals surface area (Å²) in [4.78, 5) is 23.2. The van der Waals surface area contributed by atoms with E-state index < -0.39 is 5.97 Å². The van der Waals surface area contributed by atoms with E-state index in [4.69, 9.17) is 9.84 Å². The van der Waals surface area contributed by atoms with Gasteiger partial charge in [0.2, 0.25) is 5.91 Å². The van der Waals surface area contributed by atoms with Crippen molar-refractivity contribution >= 4 is 33.5 Å². The Morgan fingerprint density at radius 3 is 2.84 bits per heavy atom. The number of benzene rings is 1. The monoisotopic (exact) mass is 327 g/mol. The maximum absolute atomic E-state index is 12.0. The van der Waals surface area contributed by atoms with Crippen LogP contribution in [0.4, 0.5) is 5.69 Å². The molecular formula is C13H14BrNO4. The summed E-state index contributed by atoms with van der Waals surface area (Å²) in [5.74, 6) is -1.47. The summed E-state index contributed by atoms with van der Waals surface area (Å²) in [6.07, 6.45) is 1.62. The summed E-state index contributed by atoms with van der Waals surface area (Å²) in [7, 11) is 0. The number of hydrogen-bond donors (Lipinski definition) is 2. The first-order valence-electron chi connectivity index (χ1n) is 5.99. The minimum atomic E-state index is -1.07. The van der Waals surface area contributed by atoms with Crippen molar-refractivity contribution in [1.82, 2.24) is 0 Å². The lowest BCUT2D eigenvalue weighted by Crippen LogP contribution is -2.30. The third kappa shape index (κ3) is 3.54. The molecule has 0 spiro atoms. The van der Waals surface area contributed by atoms with Gasteiger partial charge in [-0.2, -0.15) is 0 Å². The minimum absolute atomic E-state index is 0.0689. The van der Waals surface area contributed by atoms with Crippen LogP contribution in [0.1, 0.15) is 23.2 Å². The Balaban J connectivity index is 2.13. The largest absolute Gasteiger partial charge is 0.478 e. The van der Waals surface area contributed by atoms with Crippen LogP contribution in [0.25, 0.3) is 0 Å². The summed E-state index contributed by atoms with van der Waals surface area (Å²) in [6, 6.07) is 4.74. The van der Waals surface area contributed by atoms with Crippen molar-refractivity contribution in [2.24, 2.45) is 5.92 Å². The van der Waals surface area contributed by atoms with Crippen molar-refractivity contribution < 1.29 is 19.4 Å². The summed E-state index contributed by atoms with van der Waals surface area (Å²) in [5.41, 5.74) is 0.380. The highest BCUT2D eigenvalue weighted by Crippen LogP contribution is 2.23. The average molecular weight is 328 g/mol. The molecule has 1 amide bonds. The molecule has 1 aliphatic rings. The Labute approximate surface area is 119 Å². The lowest BCUT2D eigenvalue weighted by molar-refractivity contribution is -0.123. The smallest absolute Gasteiger partial charge is 0.337 e. The molecule has 1 aromatic rings. The molecule has 0 bridgehead atoms. The van der Waals surface area contributed by atoms with Crippen LogP contribution in [0, 0.1) is 5.92 Å². The fourth-order valence-electron chi connectivity index (χ4n) is 1.98. The lowest BCUT2D eigenvalue weighted by atomic mass is 10.0. The Kier molecular flexibility index (Phi) is 4.55. The Morgan fingerprint density at radius 2 is 2.21 bits per heavy atom. The van der Waals surface area contributed by atoms with Gasteiger partial charge in [0.25, 0.3) is 0 Å². The topological polar surface area (TPSA) is 75.6 Å². The first-order valence-corrected chi connectivity index (χ1v) is 6.78. The van der Waals surface area contributed by atoms with Gasteiger partial charge in [-0.15, -0.1) is 0 Å². The zero-order chi connectivity index (χ0) is 13.8. The van der Waals surface area contributed by atoms with Gasteiger partial charge < -0.3 is 15.2 Å². The number of hydrogen-bond acceptors (Lipinski definition) is 3. The van der Waals surface area contributed by atoms with Crippen LogP contribution < -0.4 is 5.32 Å². The molecule has 1 unspecified atom stereocenters. The number of carbonyl (C=O) groups is 2. The van der Waals surface area contributed by atoms with E-state index in [0.717, 1.165) is 12.8 Å². The summed E-state index contributed by atoms with van der Waals surface area (Å²) < 4.78 is 5.91. The molecule has 1 saturated heterocycles. The number of carboxylic acid groups (broad SMARTS) is 1. The second-order valence-corrected chi connectivity index (χ2v) is 5.31. The molecule has 5 nitrogen and oxygen atoms in total. The molecular weight excluding hydrogens is 314 g/mol. The zero-order valence-electron chi connectivity index (χ0n) is 10.2. The van der Waals surface area contributed by atoms with E-state index in [0.29, 0.717) is 23.4 Å². The number of amides is 1. The van der Waals surface area contributed by atoms with Crippen molar-refractivity contribution in [1.29, 1.82) is 0 Å². The van der Waals surface area contributed by atoms with E-state index >= 15 is 0 Å². The van der Waals surface area contributed by atoms with E-state index in [-0.39, 0.29) is 17.4 Å². The van der Waals surface area contributed by atoms with Gasteiger partial charge in [0.15, 0.2) is 0 Å². The molecule has 2 rings (SSSR count). The Bertz CT molecular complexity index is 497. The van der Waals surface area contributed by atoms with Crippen LogP contribution in [-0.4, -0.2) is 30.2 Å². The maximum Gasteiger partial charge on any atom is 0.337 e. The fraction of sp³-hybridized carbons (Fsp3) is 0.385. The van der Waals surface area contributed by atoms with Gasteiger partial charge >= 0.3 is 5.97 Å². The highest BCUT2D eigenvalue weighted by molar-refractivity contribution is 9.10. The highest BCUT2D eigenvalue weighted by Gasteiger charge is 2.23. The van der Waals surface area contributed by atoms with Crippen LogP contribution in [0.5, 0.6) is 0 Å². The standard InChI is InChI=1S/C13H14BrNO4/c14-9-3-4-11(10(6-9)13(17)18)15-12(16)8-2-1-5-19-7-8/h3-4,6,8H,1-2,5,7H2,(H,15,16)(H,17,18). The third-order valence-corrected chi connectivity index (χ3v) is 3.49. The van der Waals surface area contributed by atoms with Gasteiger partial charge in [-0.1, -0.05) is 15.9 Å². The molecule has 1 aliphatic heterocycles. The van der Waals surface area contributed by atoms with Gasteiger partial charge in [0, 0.05) is 11.1 Å². The van der Waals surface area contributed by atoms with Crippen molar-refractivity contribution in [3.8, 4) is 0 Å². The van der Waals surface area contributed by atoms with E-state index in [9.17, 15) is 9.59 Å². The number of rotatable bonds is 3. The second kappa shape index (κ2) is 6.16. The highest BCUT2D eigenvalue weighted by atomic mass is 79.9. The summed E-state index contributed by atoms with van der Waals surface area (Å²) in [5, 5.41) is 11.8. The van der Waals surface area contributed by atoms with Crippen molar-refractivity contribution in [3.05, 3.63) is 28.2 Å².